The molecular formula is C16H13N3O2S. The molecule has 1 aromatic carbocycles. The van der Waals surface area contributed by atoms with Gasteiger partial charge in [0.15, 0.2) is 10.9 Å². The number of benzene rings is 1. The summed E-state index contributed by atoms with van der Waals surface area (Å²) in [6.07, 6.45) is 1.61. The van der Waals surface area contributed by atoms with Crippen LogP contribution in [0.5, 0.6) is 0 Å². The summed E-state index contributed by atoms with van der Waals surface area (Å²) in [4.78, 5) is 7.87. The van der Waals surface area contributed by atoms with Gasteiger partial charge >= 0.3 is 0 Å². The van der Waals surface area contributed by atoms with Gasteiger partial charge in [0, 0.05) is 11.8 Å². The van der Waals surface area contributed by atoms with Crippen LogP contribution in [0.3, 0.4) is 0 Å². The van der Waals surface area contributed by atoms with Gasteiger partial charge in [0.25, 0.3) is 0 Å². The number of hydrogen-bond acceptors (Lipinski definition) is 5. The lowest BCUT2D eigenvalue weighted by atomic mass is 10.2. The molecule has 0 radical (unpaired) electrons. The maximum Gasteiger partial charge on any atom is 0.202 e. The molecule has 4 rings (SSSR count). The van der Waals surface area contributed by atoms with Crippen molar-refractivity contribution in [2.45, 2.75) is 17.8 Å². The van der Waals surface area contributed by atoms with Crippen molar-refractivity contribution in [3.63, 3.8) is 0 Å². The largest absolute Gasteiger partial charge is 0.461 e. The van der Waals surface area contributed by atoms with Crippen LogP contribution >= 0.6 is 11.8 Å². The van der Waals surface area contributed by atoms with E-state index < -0.39 is 0 Å². The van der Waals surface area contributed by atoms with Gasteiger partial charge in [-0.3, -0.25) is 0 Å². The number of imidazole rings is 1. The zero-order valence-corrected chi connectivity index (χ0v) is 12.7. The van der Waals surface area contributed by atoms with Gasteiger partial charge in [0.2, 0.25) is 5.76 Å². The minimum Gasteiger partial charge on any atom is -0.461 e. The number of nitrogens with one attached hydrogen (secondary N) is 1. The zero-order valence-electron chi connectivity index (χ0n) is 11.9. The average molecular weight is 311 g/mol. The van der Waals surface area contributed by atoms with Crippen molar-refractivity contribution in [1.82, 2.24) is 15.1 Å². The van der Waals surface area contributed by atoms with Gasteiger partial charge < -0.3 is 13.9 Å². The molecule has 0 bridgehead atoms. The first kappa shape index (κ1) is 13.2. The van der Waals surface area contributed by atoms with Crippen molar-refractivity contribution in [2.24, 2.45) is 0 Å². The molecule has 4 aromatic rings. The van der Waals surface area contributed by atoms with E-state index in [0.717, 1.165) is 21.9 Å². The van der Waals surface area contributed by atoms with Crippen LogP contribution in [-0.4, -0.2) is 15.1 Å². The van der Waals surface area contributed by atoms with Crippen LogP contribution in [0.4, 0.5) is 0 Å². The van der Waals surface area contributed by atoms with Gasteiger partial charge in [-0.25, -0.2) is 4.98 Å². The molecule has 22 heavy (non-hydrogen) atoms. The van der Waals surface area contributed by atoms with E-state index in [2.05, 4.69) is 34.2 Å². The predicted octanol–water partition coefficient (Wildman–Crippen LogP) is 4.41. The van der Waals surface area contributed by atoms with Crippen molar-refractivity contribution in [2.75, 3.05) is 0 Å². The Morgan fingerprint density at radius 3 is 3.00 bits per heavy atom. The highest BCUT2D eigenvalue weighted by atomic mass is 32.2. The second-order valence-corrected chi connectivity index (χ2v) is 5.98. The van der Waals surface area contributed by atoms with E-state index in [1.807, 2.05) is 24.3 Å². The molecule has 0 spiro atoms. The number of rotatable bonds is 4. The fraction of sp³-hybridized carbons (Fsp3) is 0.125. The van der Waals surface area contributed by atoms with Crippen molar-refractivity contribution in [3.8, 4) is 11.5 Å². The summed E-state index contributed by atoms with van der Waals surface area (Å²) in [6.45, 7) is 2.07. The Morgan fingerprint density at radius 2 is 2.14 bits per heavy atom. The summed E-state index contributed by atoms with van der Waals surface area (Å²) in [7, 11) is 0. The number of fused-ring (bicyclic) bond motifs is 1. The Bertz CT molecular complexity index is 909. The van der Waals surface area contributed by atoms with Crippen LogP contribution in [0.1, 0.15) is 11.3 Å². The smallest absolute Gasteiger partial charge is 0.202 e. The topological polar surface area (TPSA) is 67.8 Å². The summed E-state index contributed by atoms with van der Waals surface area (Å²) in [5, 5.41) is 4.94. The summed E-state index contributed by atoms with van der Waals surface area (Å²) in [6, 6.07) is 11.7. The zero-order chi connectivity index (χ0) is 14.9. The highest BCUT2D eigenvalue weighted by molar-refractivity contribution is 7.98. The third-order valence-electron chi connectivity index (χ3n) is 3.30. The minimum atomic E-state index is 0.640. The molecule has 0 aliphatic carbocycles. The Kier molecular flexibility index (Phi) is 3.23. The van der Waals surface area contributed by atoms with E-state index in [0.29, 0.717) is 17.3 Å². The first-order valence-electron chi connectivity index (χ1n) is 6.86. The number of hydrogen-bond donors (Lipinski definition) is 1. The first-order chi connectivity index (χ1) is 10.8. The minimum absolute atomic E-state index is 0.640. The number of thioether (sulfide) groups is 1. The number of nitrogens with zero attached hydrogens (tertiary/aromatic N) is 2. The Labute approximate surface area is 130 Å². The van der Waals surface area contributed by atoms with Crippen molar-refractivity contribution < 1.29 is 8.94 Å². The monoisotopic (exact) mass is 311 g/mol. The second-order valence-electron chi connectivity index (χ2n) is 5.01. The van der Waals surface area contributed by atoms with Gasteiger partial charge in [-0.05, 0) is 36.8 Å². The van der Waals surface area contributed by atoms with E-state index >= 15 is 0 Å². The van der Waals surface area contributed by atoms with E-state index in [4.69, 9.17) is 8.94 Å². The Morgan fingerprint density at radius 1 is 1.18 bits per heavy atom. The molecule has 0 saturated heterocycles. The summed E-state index contributed by atoms with van der Waals surface area (Å²) < 4.78 is 10.6. The first-order valence-corrected chi connectivity index (χ1v) is 7.85. The van der Waals surface area contributed by atoms with E-state index in [-0.39, 0.29) is 0 Å². The fourth-order valence-electron chi connectivity index (χ4n) is 2.23. The molecule has 0 atom stereocenters. The quantitative estimate of drug-likeness (QED) is 0.565. The van der Waals surface area contributed by atoms with Crippen molar-refractivity contribution in [1.29, 1.82) is 0 Å². The number of furan rings is 1. The maximum atomic E-state index is 5.29. The fourth-order valence-corrected chi connectivity index (χ4v) is 2.99. The molecule has 3 aromatic heterocycles. The third-order valence-corrected chi connectivity index (χ3v) is 4.20. The lowest BCUT2D eigenvalue weighted by molar-refractivity contribution is 0.413. The van der Waals surface area contributed by atoms with Crippen LogP contribution in [0, 0.1) is 6.92 Å². The van der Waals surface area contributed by atoms with Crippen LogP contribution in [0.15, 0.2) is 56.8 Å². The number of aryl methyl sites for hydroxylation is 1. The Balaban J connectivity index is 1.49. The SMILES string of the molecule is Cc1ccc2nc(SCc3cc(-c4ccco4)on3)[nH]c2c1. The van der Waals surface area contributed by atoms with Gasteiger partial charge in [0.1, 0.15) is 0 Å². The lowest BCUT2D eigenvalue weighted by Gasteiger charge is -1.91. The molecule has 1 N–H and O–H groups in total. The molecule has 0 aliphatic heterocycles. The predicted molar refractivity (Wildman–Crippen MR) is 84.6 cm³/mol. The summed E-state index contributed by atoms with van der Waals surface area (Å²) >= 11 is 1.60. The average Bonchev–Trinajstić information content (AvgIpc) is 3.24. The Hall–Kier alpha value is -2.47. The lowest BCUT2D eigenvalue weighted by Crippen LogP contribution is -1.80. The molecular weight excluding hydrogens is 298 g/mol. The molecule has 0 aliphatic rings. The molecule has 0 unspecified atom stereocenters. The van der Waals surface area contributed by atoms with Gasteiger partial charge in [-0.15, -0.1) is 0 Å². The third kappa shape index (κ3) is 2.53. The van der Waals surface area contributed by atoms with Crippen LogP contribution < -0.4 is 0 Å². The number of H-pyrrole nitrogens is 1. The highest BCUT2D eigenvalue weighted by Crippen LogP contribution is 2.26. The van der Waals surface area contributed by atoms with Crippen LogP contribution in [0.25, 0.3) is 22.6 Å². The van der Waals surface area contributed by atoms with Crippen molar-refractivity contribution in [3.05, 3.63) is 53.9 Å². The molecule has 110 valence electrons. The molecule has 6 heteroatoms. The molecule has 0 amide bonds. The van der Waals surface area contributed by atoms with Gasteiger partial charge in [-0.2, -0.15) is 0 Å². The standard InChI is InChI=1S/C16H13N3O2S/c1-10-4-5-12-13(7-10)18-16(17-12)22-9-11-8-15(21-19-11)14-3-2-6-20-14/h2-8H,9H2,1H3,(H,17,18). The normalized spacial score (nSPS) is 11.3. The summed E-state index contributed by atoms with van der Waals surface area (Å²) in [5.74, 6) is 2.01. The molecule has 3 heterocycles. The molecule has 5 nitrogen and oxygen atoms in total. The highest BCUT2D eigenvalue weighted by Gasteiger charge is 2.10. The van der Waals surface area contributed by atoms with Gasteiger partial charge in [-0.1, -0.05) is 23.0 Å². The number of aromatic nitrogens is 3. The van der Waals surface area contributed by atoms with E-state index in [1.165, 1.54) is 5.56 Å². The van der Waals surface area contributed by atoms with Crippen LogP contribution in [0.2, 0.25) is 0 Å². The molecule has 0 saturated carbocycles. The summed E-state index contributed by atoms with van der Waals surface area (Å²) in [5.41, 5.74) is 4.10. The molecule has 0 fully saturated rings. The number of aromatic amines is 1. The maximum absolute atomic E-state index is 5.29. The van der Waals surface area contributed by atoms with E-state index in [1.54, 1.807) is 18.0 Å². The van der Waals surface area contributed by atoms with Gasteiger partial charge in [0.05, 0.1) is 23.0 Å². The van der Waals surface area contributed by atoms with Crippen molar-refractivity contribution >= 4 is 22.8 Å². The second kappa shape index (κ2) is 5.38. The van der Waals surface area contributed by atoms with Crippen LogP contribution in [-0.2, 0) is 5.75 Å². The van der Waals surface area contributed by atoms with E-state index in [9.17, 15) is 0 Å².